The molecule has 0 aliphatic rings. The SMILES string of the molecule is Cc1nc(NC(=O)c2ccccc2)sc1C(=O)N(C)Cc1ccccc1. The lowest BCUT2D eigenvalue weighted by Gasteiger charge is -2.16. The number of hydrogen-bond acceptors (Lipinski definition) is 4. The molecule has 0 aliphatic carbocycles. The number of benzene rings is 2. The summed E-state index contributed by atoms with van der Waals surface area (Å²) in [5, 5.41) is 3.18. The molecule has 0 saturated carbocycles. The van der Waals surface area contributed by atoms with Crippen LogP contribution in [0.25, 0.3) is 0 Å². The molecular formula is C20H19N3O2S. The minimum atomic E-state index is -0.240. The first-order valence-electron chi connectivity index (χ1n) is 8.18. The van der Waals surface area contributed by atoms with Crippen LogP contribution in [-0.4, -0.2) is 28.7 Å². The van der Waals surface area contributed by atoms with Crippen molar-refractivity contribution in [3.05, 3.63) is 82.4 Å². The van der Waals surface area contributed by atoms with Crippen LogP contribution in [0, 0.1) is 6.92 Å². The van der Waals surface area contributed by atoms with Crippen LogP contribution in [0.2, 0.25) is 0 Å². The first kappa shape index (κ1) is 17.8. The molecule has 3 rings (SSSR count). The molecule has 5 nitrogen and oxygen atoms in total. The molecule has 26 heavy (non-hydrogen) atoms. The van der Waals surface area contributed by atoms with Gasteiger partial charge in [-0.3, -0.25) is 14.9 Å². The third kappa shape index (κ3) is 4.15. The Kier molecular flexibility index (Phi) is 5.43. The van der Waals surface area contributed by atoms with Crippen molar-refractivity contribution in [3.8, 4) is 0 Å². The number of nitrogens with one attached hydrogen (secondary N) is 1. The molecule has 2 aromatic carbocycles. The summed E-state index contributed by atoms with van der Waals surface area (Å²) in [6, 6.07) is 18.7. The Morgan fingerprint density at radius 2 is 1.65 bits per heavy atom. The highest BCUT2D eigenvalue weighted by atomic mass is 32.1. The lowest BCUT2D eigenvalue weighted by molar-refractivity contribution is 0.0788. The van der Waals surface area contributed by atoms with Crippen LogP contribution in [0.15, 0.2) is 60.7 Å². The summed E-state index contributed by atoms with van der Waals surface area (Å²) < 4.78 is 0. The normalized spacial score (nSPS) is 10.4. The predicted octanol–water partition coefficient (Wildman–Crippen LogP) is 3.98. The number of amides is 2. The molecule has 0 saturated heterocycles. The van der Waals surface area contributed by atoms with Crippen LogP contribution in [0.5, 0.6) is 0 Å². The topological polar surface area (TPSA) is 62.3 Å². The Hall–Kier alpha value is -2.99. The fourth-order valence-corrected chi connectivity index (χ4v) is 3.47. The van der Waals surface area contributed by atoms with Gasteiger partial charge in [0.05, 0.1) is 5.69 Å². The summed E-state index contributed by atoms with van der Waals surface area (Å²) in [6.07, 6.45) is 0. The Labute approximate surface area is 156 Å². The monoisotopic (exact) mass is 365 g/mol. The number of hydrogen-bond donors (Lipinski definition) is 1. The Bertz CT molecular complexity index is 907. The second kappa shape index (κ2) is 7.93. The molecule has 6 heteroatoms. The minimum absolute atomic E-state index is 0.107. The number of aryl methyl sites for hydroxylation is 1. The van der Waals surface area contributed by atoms with Crippen molar-refractivity contribution in [2.45, 2.75) is 13.5 Å². The minimum Gasteiger partial charge on any atom is -0.337 e. The van der Waals surface area contributed by atoms with Gasteiger partial charge in [0.2, 0.25) is 0 Å². The third-order valence-electron chi connectivity index (χ3n) is 3.86. The molecule has 1 aromatic heterocycles. The molecule has 0 bridgehead atoms. The first-order chi connectivity index (χ1) is 12.5. The smallest absolute Gasteiger partial charge is 0.265 e. The van der Waals surface area contributed by atoms with Crippen LogP contribution in [0.1, 0.15) is 31.3 Å². The van der Waals surface area contributed by atoms with Gasteiger partial charge in [0.15, 0.2) is 5.13 Å². The zero-order valence-corrected chi connectivity index (χ0v) is 15.4. The van der Waals surface area contributed by atoms with E-state index < -0.39 is 0 Å². The Morgan fingerprint density at radius 3 is 2.31 bits per heavy atom. The molecule has 1 N–H and O–H groups in total. The molecule has 0 aliphatic heterocycles. The molecule has 0 unspecified atom stereocenters. The van der Waals surface area contributed by atoms with Crippen LogP contribution < -0.4 is 5.32 Å². The lowest BCUT2D eigenvalue weighted by atomic mass is 10.2. The lowest BCUT2D eigenvalue weighted by Crippen LogP contribution is -2.26. The summed E-state index contributed by atoms with van der Waals surface area (Å²) in [6.45, 7) is 2.29. The third-order valence-corrected chi connectivity index (χ3v) is 4.92. The average Bonchev–Trinajstić information content (AvgIpc) is 3.02. The number of thiazole rings is 1. The molecule has 0 spiro atoms. The van der Waals surface area contributed by atoms with Crippen molar-refractivity contribution in [2.24, 2.45) is 0 Å². The molecule has 0 radical (unpaired) electrons. The quantitative estimate of drug-likeness (QED) is 0.744. The number of aromatic nitrogens is 1. The van der Waals surface area contributed by atoms with Crippen LogP contribution in [-0.2, 0) is 6.54 Å². The highest BCUT2D eigenvalue weighted by molar-refractivity contribution is 7.17. The van der Waals surface area contributed by atoms with Gasteiger partial charge in [-0.1, -0.05) is 59.9 Å². The number of nitrogens with zero attached hydrogens (tertiary/aromatic N) is 2. The molecule has 0 fully saturated rings. The highest BCUT2D eigenvalue weighted by Crippen LogP contribution is 2.24. The number of anilines is 1. The molecule has 3 aromatic rings. The van der Waals surface area contributed by atoms with Gasteiger partial charge in [-0.05, 0) is 24.6 Å². The van der Waals surface area contributed by atoms with Crippen molar-refractivity contribution < 1.29 is 9.59 Å². The fraction of sp³-hybridized carbons (Fsp3) is 0.150. The van der Waals surface area contributed by atoms with E-state index in [1.807, 2.05) is 36.4 Å². The standard InChI is InChI=1S/C20H19N3O2S/c1-14-17(19(25)23(2)13-15-9-5-3-6-10-15)26-20(21-14)22-18(24)16-11-7-4-8-12-16/h3-12H,13H2,1-2H3,(H,21,22,24). The van der Waals surface area contributed by atoms with E-state index in [4.69, 9.17) is 0 Å². The molecule has 0 atom stereocenters. The largest absolute Gasteiger partial charge is 0.337 e. The summed E-state index contributed by atoms with van der Waals surface area (Å²) in [7, 11) is 1.76. The van der Waals surface area contributed by atoms with E-state index in [1.54, 1.807) is 43.1 Å². The van der Waals surface area contributed by atoms with Crippen molar-refractivity contribution in [1.29, 1.82) is 0 Å². The maximum absolute atomic E-state index is 12.7. The van der Waals surface area contributed by atoms with Gasteiger partial charge >= 0.3 is 0 Å². The van der Waals surface area contributed by atoms with E-state index in [-0.39, 0.29) is 11.8 Å². The van der Waals surface area contributed by atoms with Crippen LogP contribution in [0.4, 0.5) is 5.13 Å². The van der Waals surface area contributed by atoms with E-state index in [0.29, 0.717) is 27.8 Å². The van der Waals surface area contributed by atoms with E-state index in [1.165, 1.54) is 11.3 Å². The molecular weight excluding hydrogens is 346 g/mol. The molecule has 132 valence electrons. The van der Waals surface area contributed by atoms with E-state index in [2.05, 4.69) is 10.3 Å². The van der Waals surface area contributed by atoms with E-state index in [9.17, 15) is 9.59 Å². The summed E-state index contributed by atoms with van der Waals surface area (Å²) in [4.78, 5) is 31.5. The Morgan fingerprint density at radius 1 is 1.04 bits per heavy atom. The van der Waals surface area contributed by atoms with Gasteiger partial charge in [0.25, 0.3) is 11.8 Å². The maximum atomic E-state index is 12.7. The van der Waals surface area contributed by atoms with Crippen LogP contribution in [0.3, 0.4) is 0 Å². The zero-order valence-electron chi connectivity index (χ0n) is 14.6. The van der Waals surface area contributed by atoms with Gasteiger partial charge in [0, 0.05) is 19.2 Å². The molecule has 1 heterocycles. The van der Waals surface area contributed by atoms with Gasteiger partial charge in [-0.25, -0.2) is 4.98 Å². The second-order valence-electron chi connectivity index (χ2n) is 5.90. The number of carbonyl (C=O) groups is 2. The number of carbonyl (C=O) groups excluding carboxylic acids is 2. The molecule has 2 amide bonds. The van der Waals surface area contributed by atoms with Crippen molar-refractivity contribution in [2.75, 3.05) is 12.4 Å². The van der Waals surface area contributed by atoms with Crippen molar-refractivity contribution >= 4 is 28.3 Å². The average molecular weight is 365 g/mol. The fourth-order valence-electron chi connectivity index (χ4n) is 2.51. The van der Waals surface area contributed by atoms with Gasteiger partial charge in [-0.15, -0.1) is 0 Å². The van der Waals surface area contributed by atoms with Crippen LogP contribution >= 0.6 is 11.3 Å². The summed E-state index contributed by atoms with van der Waals surface area (Å²) in [5.74, 6) is -0.347. The van der Waals surface area contributed by atoms with E-state index >= 15 is 0 Å². The van der Waals surface area contributed by atoms with Gasteiger partial charge < -0.3 is 4.90 Å². The highest BCUT2D eigenvalue weighted by Gasteiger charge is 2.20. The summed E-state index contributed by atoms with van der Waals surface area (Å²) >= 11 is 1.20. The maximum Gasteiger partial charge on any atom is 0.265 e. The Balaban J connectivity index is 1.71. The first-order valence-corrected chi connectivity index (χ1v) is 8.99. The second-order valence-corrected chi connectivity index (χ2v) is 6.90. The van der Waals surface area contributed by atoms with E-state index in [0.717, 1.165) is 5.56 Å². The zero-order chi connectivity index (χ0) is 18.5. The number of rotatable bonds is 5. The van der Waals surface area contributed by atoms with Crippen molar-refractivity contribution in [1.82, 2.24) is 9.88 Å². The predicted molar refractivity (Wildman–Crippen MR) is 103 cm³/mol. The van der Waals surface area contributed by atoms with Gasteiger partial charge in [0.1, 0.15) is 4.88 Å². The van der Waals surface area contributed by atoms with Gasteiger partial charge in [-0.2, -0.15) is 0 Å². The summed E-state index contributed by atoms with van der Waals surface area (Å²) in [5.41, 5.74) is 2.22. The van der Waals surface area contributed by atoms with Crippen molar-refractivity contribution in [3.63, 3.8) is 0 Å².